The number of nitrogens with zero attached hydrogens (tertiary/aromatic N) is 4. The van der Waals surface area contributed by atoms with E-state index in [4.69, 9.17) is 4.42 Å². The molecule has 0 aliphatic heterocycles. The number of nitrogens with one attached hydrogen (secondary N) is 1. The number of furan rings is 1. The Balaban J connectivity index is 1.42. The van der Waals surface area contributed by atoms with Crippen molar-refractivity contribution in [3.05, 3.63) is 54.0 Å². The molecule has 24 heavy (non-hydrogen) atoms. The van der Waals surface area contributed by atoms with Crippen LogP contribution in [0.2, 0.25) is 0 Å². The number of fused-ring (bicyclic) bond motifs is 1. The zero-order chi connectivity index (χ0) is 16.4. The molecule has 1 amide bonds. The molecule has 1 aliphatic carbocycles. The van der Waals surface area contributed by atoms with Gasteiger partial charge in [-0.15, -0.1) is 10.2 Å². The van der Waals surface area contributed by atoms with E-state index in [1.807, 2.05) is 36.4 Å². The maximum absolute atomic E-state index is 12.3. The van der Waals surface area contributed by atoms with Gasteiger partial charge >= 0.3 is 0 Å². The van der Waals surface area contributed by atoms with E-state index < -0.39 is 0 Å². The van der Waals surface area contributed by atoms with Gasteiger partial charge in [-0.1, -0.05) is 30.3 Å². The normalized spacial score (nSPS) is 16.6. The summed E-state index contributed by atoms with van der Waals surface area (Å²) < 4.78 is 5.45. The molecule has 0 saturated heterocycles. The molecule has 1 atom stereocenters. The largest absolute Gasteiger partial charge is 0.469 e. The van der Waals surface area contributed by atoms with Crippen molar-refractivity contribution < 1.29 is 9.21 Å². The molecular weight excluding hydrogens is 306 g/mol. The Kier molecular flexibility index (Phi) is 3.82. The molecule has 2 heterocycles. The zero-order valence-corrected chi connectivity index (χ0v) is 13.1. The van der Waals surface area contributed by atoms with Crippen LogP contribution in [0.15, 0.2) is 47.1 Å². The van der Waals surface area contributed by atoms with Gasteiger partial charge in [-0.05, 0) is 24.1 Å². The number of carbonyl (C=O) groups excluding carboxylic acids is 1. The molecule has 0 radical (unpaired) electrons. The summed E-state index contributed by atoms with van der Waals surface area (Å²) in [6.07, 6.45) is 4.53. The standard InChI is InChI=1S/C17H17N5O2/c23-16(18-14-7-4-8-15-13(14)9-10-24-15)11-22-20-17(19-21-22)12-5-2-1-3-6-12/h1-3,5-6,9-10,14H,4,7-8,11H2,(H,18,23)/t14-/m1/s1. The van der Waals surface area contributed by atoms with Crippen molar-refractivity contribution in [2.24, 2.45) is 0 Å². The molecule has 1 aromatic carbocycles. The first-order chi connectivity index (χ1) is 11.8. The highest BCUT2D eigenvalue weighted by atomic mass is 16.3. The summed E-state index contributed by atoms with van der Waals surface area (Å²) in [4.78, 5) is 13.6. The van der Waals surface area contributed by atoms with Gasteiger partial charge in [0.25, 0.3) is 0 Å². The predicted molar refractivity (Wildman–Crippen MR) is 85.8 cm³/mol. The molecule has 122 valence electrons. The van der Waals surface area contributed by atoms with Gasteiger partial charge in [0.05, 0.1) is 12.3 Å². The third kappa shape index (κ3) is 2.92. The Morgan fingerprint density at radius 2 is 2.17 bits per heavy atom. The highest BCUT2D eigenvalue weighted by molar-refractivity contribution is 5.76. The average molecular weight is 323 g/mol. The van der Waals surface area contributed by atoms with Gasteiger partial charge in [-0.2, -0.15) is 4.80 Å². The fourth-order valence-electron chi connectivity index (χ4n) is 3.02. The van der Waals surface area contributed by atoms with Gasteiger partial charge < -0.3 is 9.73 Å². The predicted octanol–water partition coefficient (Wildman–Crippen LogP) is 2.13. The van der Waals surface area contributed by atoms with E-state index in [1.165, 1.54) is 4.80 Å². The van der Waals surface area contributed by atoms with Gasteiger partial charge in [0.15, 0.2) is 0 Å². The van der Waals surface area contributed by atoms with Crippen LogP contribution in [-0.4, -0.2) is 26.1 Å². The lowest BCUT2D eigenvalue weighted by molar-refractivity contribution is -0.123. The van der Waals surface area contributed by atoms with Crippen LogP contribution in [0.3, 0.4) is 0 Å². The lowest BCUT2D eigenvalue weighted by Gasteiger charge is -2.22. The summed E-state index contributed by atoms with van der Waals surface area (Å²) >= 11 is 0. The van der Waals surface area contributed by atoms with E-state index in [1.54, 1.807) is 6.26 Å². The molecule has 7 nitrogen and oxygen atoms in total. The fraction of sp³-hybridized carbons (Fsp3) is 0.294. The van der Waals surface area contributed by atoms with Gasteiger partial charge in [0.2, 0.25) is 11.7 Å². The number of aromatic nitrogens is 4. The van der Waals surface area contributed by atoms with Gasteiger partial charge in [-0.25, -0.2) is 0 Å². The first-order valence-corrected chi connectivity index (χ1v) is 7.98. The van der Waals surface area contributed by atoms with Crippen LogP contribution >= 0.6 is 0 Å². The van der Waals surface area contributed by atoms with Crippen LogP contribution in [0.25, 0.3) is 11.4 Å². The van der Waals surface area contributed by atoms with Crippen LogP contribution in [0.4, 0.5) is 0 Å². The third-order valence-corrected chi connectivity index (χ3v) is 4.16. The maximum Gasteiger partial charge on any atom is 0.244 e. The van der Waals surface area contributed by atoms with Crippen LogP contribution in [-0.2, 0) is 17.8 Å². The summed E-state index contributed by atoms with van der Waals surface area (Å²) in [6, 6.07) is 11.5. The second-order valence-electron chi connectivity index (χ2n) is 5.82. The Bertz CT molecular complexity index is 840. The lowest BCUT2D eigenvalue weighted by atomic mass is 9.93. The van der Waals surface area contributed by atoms with Crippen molar-refractivity contribution in [2.45, 2.75) is 31.8 Å². The maximum atomic E-state index is 12.3. The third-order valence-electron chi connectivity index (χ3n) is 4.16. The SMILES string of the molecule is O=C(Cn1nnc(-c2ccccc2)n1)N[C@@H]1CCCc2occc21. The molecule has 4 rings (SSSR count). The van der Waals surface area contributed by atoms with Crippen molar-refractivity contribution in [3.8, 4) is 11.4 Å². The summed E-state index contributed by atoms with van der Waals surface area (Å²) in [5, 5.41) is 15.3. The zero-order valence-electron chi connectivity index (χ0n) is 13.1. The average Bonchev–Trinajstić information content (AvgIpc) is 3.25. The topological polar surface area (TPSA) is 85.8 Å². The second kappa shape index (κ2) is 6.27. The number of hydrogen-bond acceptors (Lipinski definition) is 5. The fourth-order valence-corrected chi connectivity index (χ4v) is 3.02. The molecule has 1 N–H and O–H groups in total. The van der Waals surface area contributed by atoms with Gasteiger partial charge in [0.1, 0.15) is 12.3 Å². The number of rotatable bonds is 4. The Hall–Kier alpha value is -2.96. The van der Waals surface area contributed by atoms with Crippen molar-refractivity contribution in [1.82, 2.24) is 25.5 Å². The molecule has 7 heteroatoms. The molecule has 1 aliphatic rings. The summed E-state index contributed by atoms with van der Waals surface area (Å²) in [7, 11) is 0. The minimum absolute atomic E-state index is 0.00267. The minimum Gasteiger partial charge on any atom is -0.469 e. The van der Waals surface area contributed by atoms with Crippen molar-refractivity contribution in [2.75, 3.05) is 0 Å². The number of carbonyl (C=O) groups is 1. The van der Waals surface area contributed by atoms with Gasteiger partial charge in [-0.3, -0.25) is 4.79 Å². The number of hydrogen-bond donors (Lipinski definition) is 1. The quantitative estimate of drug-likeness (QED) is 0.795. The Morgan fingerprint density at radius 3 is 3.04 bits per heavy atom. The van der Waals surface area contributed by atoms with Crippen LogP contribution in [0, 0.1) is 0 Å². The van der Waals surface area contributed by atoms with Crippen LogP contribution < -0.4 is 5.32 Å². The Labute approximate surface area is 138 Å². The Morgan fingerprint density at radius 1 is 1.29 bits per heavy atom. The number of amides is 1. The van der Waals surface area contributed by atoms with E-state index in [-0.39, 0.29) is 18.5 Å². The van der Waals surface area contributed by atoms with Crippen molar-refractivity contribution in [3.63, 3.8) is 0 Å². The molecule has 0 fully saturated rings. The van der Waals surface area contributed by atoms with Crippen molar-refractivity contribution >= 4 is 5.91 Å². The highest BCUT2D eigenvalue weighted by Crippen LogP contribution is 2.30. The highest BCUT2D eigenvalue weighted by Gasteiger charge is 2.24. The molecule has 0 unspecified atom stereocenters. The number of aryl methyl sites for hydroxylation is 1. The van der Waals surface area contributed by atoms with E-state index in [0.717, 1.165) is 36.1 Å². The first-order valence-electron chi connectivity index (χ1n) is 7.98. The number of tetrazole rings is 1. The van der Waals surface area contributed by atoms with Crippen LogP contribution in [0.1, 0.15) is 30.2 Å². The summed E-state index contributed by atoms with van der Waals surface area (Å²) in [5.41, 5.74) is 1.95. The molecule has 0 spiro atoms. The van der Waals surface area contributed by atoms with E-state index in [2.05, 4.69) is 20.7 Å². The van der Waals surface area contributed by atoms with Crippen LogP contribution in [0.5, 0.6) is 0 Å². The summed E-state index contributed by atoms with van der Waals surface area (Å²) in [5.74, 6) is 1.35. The summed E-state index contributed by atoms with van der Waals surface area (Å²) in [6.45, 7) is 0.0452. The van der Waals surface area contributed by atoms with Crippen molar-refractivity contribution in [1.29, 1.82) is 0 Å². The number of benzene rings is 1. The molecule has 3 aromatic rings. The van der Waals surface area contributed by atoms with E-state index in [0.29, 0.717) is 5.82 Å². The smallest absolute Gasteiger partial charge is 0.244 e. The minimum atomic E-state index is -0.133. The molecule has 0 bridgehead atoms. The van der Waals surface area contributed by atoms with Gasteiger partial charge in [0, 0.05) is 17.5 Å². The lowest BCUT2D eigenvalue weighted by Crippen LogP contribution is -2.33. The van der Waals surface area contributed by atoms with E-state index in [9.17, 15) is 4.79 Å². The first kappa shape index (κ1) is 14.6. The van der Waals surface area contributed by atoms with E-state index >= 15 is 0 Å². The molecule has 0 saturated carbocycles. The molecule has 2 aromatic heterocycles. The molecular formula is C17H17N5O2. The monoisotopic (exact) mass is 323 g/mol. The second-order valence-corrected chi connectivity index (χ2v) is 5.82.